The quantitative estimate of drug-likeness (QED) is 0.325. The van der Waals surface area contributed by atoms with Crippen LogP contribution in [0, 0.1) is 5.41 Å². The van der Waals surface area contributed by atoms with Crippen LogP contribution < -0.4 is 5.73 Å². The lowest BCUT2D eigenvalue weighted by Gasteiger charge is -2.37. The van der Waals surface area contributed by atoms with Gasteiger partial charge in [-0.25, -0.2) is 0 Å². The molecule has 0 bridgehead atoms. The van der Waals surface area contributed by atoms with Gasteiger partial charge in [-0.1, -0.05) is 5.16 Å². The van der Waals surface area contributed by atoms with Crippen molar-refractivity contribution in [3.63, 3.8) is 0 Å². The van der Waals surface area contributed by atoms with Gasteiger partial charge in [-0.15, -0.1) is 0 Å². The molecule has 3 N–H and O–H groups in total. The Morgan fingerprint density at radius 1 is 1.62 bits per heavy atom. The second-order valence-electron chi connectivity index (χ2n) is 4.53. The first-order chi connectivity index (χ1) is 7.41. The highest BCUT2D eigenvalue weighted by molar-refractivity contribution is 7.99. The molecule has 0 aromatic carbocycles. The summed E-state index contributed by atoms with van der Waals surface area (Å²) in [6.45, 7) is 6.11. The second kappa shape index (κ2) is 4.95. The van der Waals surface area contributed by atoms with Gasteiger partial charge >= 0.3 is 0 Å². The monoisotopic (exact) mass is 245 g/mol. The summed E-state index contributed by atoms with van der Waals surface area (Å²) in [5.74, 6) is 1.78. The summed E-state index contributed by atoms with van der Waals surface area (Å²) >= 11 is 1.84. The van der Waals surface area contributed by atoms with Crippen LogP contribution in [0.4, 0.5) is 0 Å². The van der Waals surface area contributed by atoms with E-state index in [9.17, 15) is 4.79 Å². The van der Waals surface area contributed by atoms with Crippen LogP contribution >= 0.6 is 11.8 Å². The van der Waals surface area contributed by atoms with Gasteiger partial charge in [-0.05, 0) is 20.8 Å². The molecule has 1 atom stereocenters. The Labute approximate surface area is 100 Å². The highest BCUT2D eigenvalue weighted by atomic mass is 32.2. The summed E-state index contributed by atoms with van der Waals surface area (Å²) in [7, 11) is 0. The van der Waals surface area contributed by atoms with E-state index in [-0.39, 0.29) is 17.8 Å². The molecule has 0 saturated carbocycles. The third kappa shape index (κ3) is 2.42. The fourth-order valence-corrected chi connectivity index (χ4v) is 2.64. The van der Waals surface area contributed by atoms with Gasteiger partial charge in [0.05, 0.1) is 0 Å². The van der Waals surface area contributed by atoms with Gasteiger partial charge in [0, 0.05) is 24.1 Å². The lowest BCUT2D eigenvalue weighted by molar-refractivity contribution is -0.138. The van der Waals surface area contributed by atoms with Gasteiger partial charge in [0.2, 0.25) is 5.91 Å². The number of oxime groups is 1. The molecule has 1 amide bonds. The van der Waals surface area contributed by atoms with Crippen molar-refractivity contribution in [1.29, 1.82) is 0 Å². The highest BCUT2D eigenvalue weighted by Crippen LogP contribution is 2.24. The molecule has 16 heavy (non-hydrogen) atoms. The number of thioether (sulfide) groups is 1. The molecule has 1 rings (SSSR count). The summed E-state index contributed by atoms with van der Waals surface area (Å²) in [5, 5.41) is 11.6. The number of carbonyl (C=O) groups is 1. The average molecular weight is 245 g/mol. The summed E-state index contributed by atoms with van der Waals surface area (Å²) < 4.78 is 0. The maximum Gasteiger partial charge on any atom is 0.236 e. The van der Waals surface area contributed by atoms with Crippen molar-refractivity contribution < 1.29 is 10.0 Å². The zero-order chi connectivity index (χ0) is 12.3. The third-order valence-corrected chi connectivity index (χ3v) is 4.10. The fourth-order valence-electron chi connectivity index (χ4n) is 1.62. The first kappa shape index (κ1) is 13.2. The van der Waals surface area contributed by atoms with Crippen LogP contribution in [0.15, 0.2) is 5.16 Å². The van der Waals surface area contributed by atoms with Crippen LogP contribution in [-0.2, 0) is 4.79 Å². The van der Waals surface area contributed by atoms with Gasteiger partial charge in [0.25, 0.3) is 0 Å². The minimum Gasteiger partial charge on any atom is -0.409 e. The number of amides is 1. The number of carbonyl (C=O) groups excluding carboxylic acids is 1. The van der Waals surface area contributed by atoms with Gasteiger partial charge < -0.3 is 15.8 Å². The number of amidine groups is 1. The molecular weight excluding hydrogens is 226 g/mol. The van der Waals surface area contributed by atoms with E-state index >= 15 is 0 Å². The molecule has 0 aromatic heterocycles. The van der Waals surface area contributed by atoms with Crippen LogP contribution in [0.25, 0.3) is 0 Å². The topological polar surface area (TPSA) is 78.9 Å². The third-order valence-electron chi connectivity index (χ3n) is 2.91. The predicted molar refractivity (Wildman–Crippen MR) is 65.7 cm³/mol. The molecule has 0 radical (unpaired) electrons. The molecular formula is C10H19N3O2S. The van der Waals surface area contributed by atoms with Gasteiger partial charge in [-0.2, -0.15) is 11.8 Å². The van der Waals surface area contributed by atoms with E-state index in [0.717, 1.165) is 18.1 Å². The zero-order valence-corrected chi connectivity index (χ0v) is 10.8. The van der Waals surface area contributed by atoms with Crippen molar-refractivity contribution in [1.82, 2.24) is 4.90 Å². The lowest BCUT2D eigenvalue weighted by atomic mass is 9.89. The van der Waals surface area contributed by atoms with Crippen molar-refractivity contribution in [2.75, 3.05) is 18.1 Å². The number of hydrogen-bond acceptors (Lipinski definition) is 4. The van der Waals surface area contributed by atoms with Gasteiger partial charge in [0.15, 0.2) is 5.84 Å². The molecule has 6 heteroatoms. The van der Waals surface area contributed by atoms with E-state index in [2.05, 4.69) is 5.16 Å². The van der Waals surface area contributed by atoms with Crippen molar-refractivity contribution in [2.24, 2.45) is 16.3 Å². The van der Waals surface area contributed by atoms with Gasteiger partial charge in [0.1, 0.15) is 5.41 Å². The van der Waals surface area contributed by atoms with E-state index in [1.807, 2.05) is 23.6 Å². The van der Waals surface area contributed by atoms with E-state index in [1.165, 1.54) is 0 Å². The van der Waals surface area contributed by atoms with Crippen LogP contribution in [-0.4, -0.2) is 45.9 Å². The van der Waals surface area contributed by atoms with Crippen LogP contribution in [0.5, 0.6) is 0 Å². The molecule has 1 aliphatic heterocycles. The van der Waals surface area contributed by atoms with Crippen molar-refractivity contribution >= 4 is 23.5 Å². The second-order valence-corrected chi connectivity index (χ2v) is 5.68. The SMILES string of the molecule is CC1CSCCN1C(=O)C(C)(C)C(N)=NO. The molecule has 0 spiro atoms. The maximum atomic E-state index is 12.3. The Balaban J connectivity index is 2.83. The minimum atomic E-state index is -0.939. The van der Waals surface area contributed by atoms with Crippen LogP contribution in [0.2, 0.25) is 0 Å². The van der Waals surface area contributed by atoms with Crippen molar-refractivity contribution in [2.45, 2.75) is 26.8 Å². The van der Waals surface area contributed by atoms with Crippen molar-refractivity contribution in [3.05, 3.63) is 0 Å². The van der Waals surface area contributed by atoms with Gasteiger partial charge in [-0.3, -0.25) is 4.79 Å². The largest absolute Gasteiger partial charge is 0.409 e. The van der Waals surface area contributed by atoms with E-state index in [0.29, 0.717) is 0 Å². The molecule has 1 saturated heterocycles. The maximum absolute atomic E-state index is 12.3. The molecule has 92 valence electrons. The summed E-state index contributed by atoms with van der Waals surface area (Å²) in [6, 6.07) is 0.206. The standard InChI is InChI=1S/C10H19N3O2S/c1-7-6-16-5-4-13(7)9(14)10(2,3)8(11)12-15/h7,15H,4-6H2,1-3H3,(H2,11,12). The zero-order valence-electron chi connectivity index (χ0n) is 9.93. The van der Waals surface area contributed by atoms with Crippen LogP contribution in [0.3, 0.4) is 0 Å². The molecule has 0 aromatic rings. The smallest absolute Gasteiger partial charge is 0.236 e. The Morgan fingerprint density at radius 3 is 2.75 bits per heavy atom. The summed E-state index contributed by atoms with van der Waals surface area (Å²) in [4.78, 5) is 14.1. The molecule has 1 aliphatic rings. The molecule has 5 nitrogen and oxygen atoms in total. The molecule has 1 heterocycles. The number of rotatable bonds is 2. The number of nitrogens with two attached hydrogens (primary N) is 1. The normalized spacial score (nSPS) is 23.3. The minimum absolute atomic E-state index is 0.0390. The molecule has 0 aliphatic carbocycles. The average Bonchev–Trinajstić information content (AvgIpc) is 2.27. The Bertz CT molecular complexity index is 304. The Kier molecular flexibility index (Phi) is 4.07. The first-order valence-electron chi connectivity index (χ1n) is 5.28. The Hall–Kier alpha value is -0.910. The lowest BCUT2D eigenvalue weighted by Crippen LogP contribution is -2.53. The van der Waals surface area contributed by atoms with E-state index < -0.39 is 5.41 Å². The summed E-state index contributed by atoms with van der Waals surface area (Å²) in [6.07, 6.45) is 0. The van der Waals surface area contributed by atoms with E-state index in [4.69, 9.17) is 10.9 Å². The Morgan fingerprint density at radius 2 is 2.25 bits per heavy atom. The fraction of sp³-hybridized carbons (Fsp3) is 0.800. The number of hydrogen-bond donors (Lipinski definition) is 2. The van der Waals surface area contributed by atoms with Crippen molar-refractivity contribution in [3.8, 4) is 0 Å². The van der Waals surface area contributed by atoms with Crippen LogP contribution in [0.1, 0.15) is 20.8 Å². The number of nitrogens with zero attached hydrogens (tertiary/aromatic N) is 2. The summed E-state index contributed by atoms with van der Waals surface area (Å²) in [5.41, 5.74) is 4.61. The highest BCUT2D eigenvalue weighted by Gasteiger charge is 2.38. The molecule has 1 unspecified atom stereocenters. The first-order valence-corrected chi connectivity index (χ1v) is 6.43. The predicted octanol–water partition coefficient (Wildman–Crippen LogP) is 0.723. The van der Waals surface area contributed by atoms with E-state index in [1.54, 1.807) is 13.8 Å². The molecule has 1 fully saturated rings.